The van der Waals surface area contributed by atoms with Crippen molar-refractivity contribution in [3.63, 3.8) is 0 Å². The van der Waals surface area contributed by atoms with Crippen LogP contribution in [0.15, 0.2) is 226 Å². The first-order valence-electron chi connectivity index (χ1n) is 24.7. The molecule has 0 radical (unpaired) electrons. The first kappa shape index (κ1) is 50.7. The van der Waals surface area contributed by atoms with Crippen molar-refractivity contribution in [1.29, 1.82) is 0 Å². The third-order valence-electron chi connectivity index (χ3n) is 12.9. The van der Waals surface area contributed by atoms with Gasteiger partial charge in [-0.05, 0) is 94.8 Å². The van der Waals surface area contributed by atoms with Crippen LogP contribution >= 0.6 is 14.5 Å². The molecule has 0 atom stereocenters. The standard InChI is InChI=1S/C29H24P.C21H36P.C14H14N/c1-4-14-27(15-5-1)30(28-16-6-2-7-17-28,29-18-8-3-9-19-29)23-24-20-21-25-12-10-11-13-26(25)22-24;1-5-9-16-22(17-10-6-2,18-11-7-3)19-21-14-12-20(8-4)13-15-21;1-2-13-6-8-14(9-7-13)12-15-10-4-3-5-11-15/h1-22H,23H2;8,12-15H,4-7,9-11,16-19H2,1-3H3;2-11H,1,12H2/q3*+1. The molecule has 1 aromatic heterocycles. The van der Waals surface area contributed by atoms with Crippen molar-refractivity contribution in [2.75, 3.05) is 18.5 Å². The third kappa shape index (κ3) is 14.9. The van der Waals surface area contributed by atoms with E-state index in [9.17, 15) is 0 Å². The van der Waals surface area contributed by atoms with E-state index in [-0.39, 0.29) is 0 Å². The monoisotopic (exact) mass is 919 g/mol. The van der Waals surface area contributed by atoms with E-state index in [1.807, 2.05) is 30.4 Å². The number of aromatic nitrogens is 1. The van der Waals surface area contributed by atoms with E-state index in [1.165, 1.54) is 107 Å². The Balaban J connectivity index is 0.000000176. The van der Waals surface area contributed by atoms with Gasteiger partial charge in [-0.25, -0.2) is 4.57 Å². The largest absolute Gasteiger partial charge is 0.201 e. The van der Waals surface area contributed by atoms with Crippen LogP contribution in [0.25, 0.3) is 22.9 Å². The minimum Gasteiger partial charge on any atom is -0.201 e. The fourth-order valence-electron chi connectivity index (χ4n) is 9.09. The predicted octanol–water partition coefficient (Wildman–Crippen LogP) is 16.2. The van der Waals surface area contributed by atoms with Crippen LogP contribution in [0.1, 0.15) is 87.1 Å². The van der Waals surface area contributed by atoms with E-state index in [2.05, 4.69) is 233 Å². The molecule has 7 aromatic carbocycles. The molecule has 0 unspecified atom stereocenters. The zero-order valence-electron chi connectivity index (χ0n) is 40.6. The van der Waals surface area contributed by atoms with Crippen molar-refractivity contribution in [1.82, 2.24) is 0 Å². The Hall–Kier alpha value is -5.71. The van der Waals surface area contributed by atoms with Gasteiger partial charge in [-0.1, -0.05) is 211 Å². The van der Waals surface area contributed by atoms with Gasteiger partial charge in [-0.2, -0.15) is 0 Å². The molecule has 3 heteroatoms. The van der Waals surface area contributed by atoms with Crippen LogP contribution in [0.5, 0.6) is 0 Å². The topological polar surface area (TPSA) is 3.88 Å². The van der Waals surface area contributed by atoms with Crippen LogP contribution in [0.3, 0.4) is 0 Å². The van der Waals surface area contributed by atoms with Gasteiger partial charge in [0.15, 0.2) is 18.9 Å². The van der Waals surface area contributed by atoms with Crippen molar-refractivity contribution in [2.45, 2.75) is 78.2 Å². The summed E-state index contributed by atoms with van der Waals surface area (Å²) < 4.78 is 2.16. The Bertz CT molecular complexity index is 2500. The van der Waals surface area contributed by atoms with Crippen molar-refractivity contribution in [3.8, 4) is 0 Å². The molecule has 8 aromatic rings. The molecule has 8 rings (SSSR count). The fraction of sp³-hybridized carbons (Fsp3) is 0.234. The summed E-state index contributed by atoms with van der Waals surface area (Å²) in [7, 11) is -2.67. The molecule has 67 heavy (non-hydrogen) atoms. The van der Waals surface area contributed by atoms with Crippen molar-refractivity contribution in [2.24, 2.45) is 0 Å². The summed E-state index contributed by atoms with van der Waals surface area (Å²) in [6, 6.07) is 72.6. The number of pyridine rings is 1. The second-order valence-electron chi connectivity index (χ2n) is 17.8. The maximum Gasteiger partial charge on any atom is 0.173 e. The van der Waals surface area contributed by atoms with Gasteiger partial charge in [-0.15, -0.1) is 0 Å². The van der Waals surface area contributed by atoms with Gasteiger partial charge >= 0.3 is 0 Å². The number of fused-ring (bicyclic) bond motifs is 1. The van der Waals surface area contributed by atoms with E-state index in [1.54, 1.807) is 5.56 Å². The summed E-state index contributed by atoms with van der Waals surface area (Å²) >= 11 is 0. The number of nitrogens with zero attached hydrogens (tertiary/aromatic N) is 1. The Labute approximate surface area is 406 Å². The van der Waals surface area contributed by atoms with E-state index >= 15 is 0 Å². The number of unbranched alkanes of at least 4 members (excludes halogenated alkanes) is 3. The molecule has 0 saturated carbocycles. The summed E-state index contributed by atoms with van der Waals surface area (Å²) in [6.45, 7) is 15.5. The molecule has 1 heterocycles. The molecular formula is C64H74NP2+3. The molecule has 0 N–H and O–H groups in total. The van der Waals surface area contributed by atoms with Gasteiger partial charge in [0, 0.05) is 25.0 Å². The van der Waals surface area contributed by atoms with Gasteiger partial charge in [0.2, 0.25) is 0 Å². The molecule has 0 aliphatic rings. The van der Waals surface area contributed by atoms with E-state index in [0.29, 0.717) is 0 Å². The highest BCUT2D eigenvalue weighted by Gasteiger charge is 2.45. The molecule has 342 valence electrons. The normalized spacial score (nSPS) is 11.1. The van der Waals surface area contributed by atoms with Gasteiger partial charge in [0.1, 0.15) is 23.2 Å². The van der Waals surface area contributed by atoms with Crippen molar-refractivity contribution >= 4 is 53.4 Å². The van der Waals surface area contributed by atoms with Gasteiger partial charge in [0.05, 0.1) is 30.8 Å². The lowest BCUT2D eigenvalue weighted by Crippen LogP contribution is -2.32. The van der Waals surface area contributed by atoms with Crippen LogP contribution in [0.4, 0.5) is 0 Å². The first-order valence-corrected chi connectivity index (χ1v) is 29.2. The van der Waals surface area contributed by atoms with Crippen molar-refractivity contribution in [3.05, 3.63) is 254 Å². The van der Waals surface area contributed by atoms with Gasteiger partial charge in [0.25, 0.3) is 0 Å². The van der Waals surface area contributed by atoms with E-state index < -0.39 is 14.5 Å². The fourth-order valence-corrected chi connectivity index (χ4v) is 18.4. The molecule has 0 aliphatic carbocycles. The predicted molar refractivity (Wildman–Crippen MR) is 302 cm³/mol. The zero-order valence-corrected chi connectivity index (χ0v) is 42.4. The van der Waals surface area contributed by atoms with Crippen molar-refractivity contribution < 1.29 is 4.57 Å². The lowest BCUT2D eigenvalue weighted by Gasteiger charge is -2.28. The molecule has 0 fully saturated rings. The Morgan fingerprint density at radius 2 is 0.806 bits per heavy atom. The van der Waals surface area contributed by atoms with Gasteiger partial charge in [-0.3, -0.25) is 0 Å². The maximum atomic E-state index is 3.86. The van der Waals surface area contributed by atoms with Crippen LogP contribution < -0.4 is 20.5 Å². The second-order valence-corrected chi connectivity index (χ2v) is 25.7. The molecule has 0 saturated heterocycles. The summed E-state index contributed by atoms with van der Waals surface area (Å²) in [5, 5.41) is 6.88. The summed E-state index contributed by atoms with van der Waals surface area (Å²) in [5.74, 6) is 0. The second kappa shape index (κ2) is 27.2. The van der Waals surface area contributed by atoms with Crippen LogP contribution in [-0.4, -0.2) is 18.5 Å². The Morgan fingerprint density at radius 3 is 1.25 bits per heavy atom. The average Bonchev–Trinajstić information content (AvgIpc) is 3.40. The average molecular weight is 919 g/mol. The zero-order chi connectivity index (χ0) is 47.0. The molecule has 0 amide bonds. The lowest BCUT2D eigenvalue weighted by molar-refractivity contribution is -0.688. The minimum atomic E-state index is -1.85. The SMILES string of the molecule is C=Cc1ccc(C[P+](CCCC)(CCCC)CCCC)cc1.C=Cc1ccc(C[n+]2ccccc2)cc1.c1ccc([P+](Cc2ccc3ccccc3c2)(c2ccccc2)c2ccccc2)cc1. The third-order valence-corrected chi connectivity index (χ3v) is 22.1. The highest BCUT2D eigenvalue weighted by Crippen LogP contribution is 2.63. The Kier molecular flexibility index (Phi) is 20.6. The molecular weight excluding hydrogens is 845 g/mol. The van der Waals surface area contributed by atoms with Crippen LogP contribution in [0, 0.1) is 0 Å². The number of rotatable bonds is 20. The first-order chi connectivity index (χ1) is 32.9. The van der Waals surface area contributed by atoms with E-state index in [4.69, 9.17) is 0 Å². The number of hydrogen-bond donors (Lipinski definition) is 0. The Morgan fingerprint density at radius 1 is 0.403 bits per heavy atom. The molecule has 0 aliphatic heterocycles. The van der Waals surface area contributed by atoms with Gasteiger partial charge < -0.3 is 0 Å². The molecule has 0 spiro atoms. The number of hydrogen-bond acceptors (Lipinski definition) is 0. The number of benzene rings is 7. The smallest absolute Gasteiger partial charge is 0.173 e. The molecule has 0 bridgehead atoms. The van der Waals surface area contributed by atoms with Crippen LogP contribution in [0.2, 0.25) is 0 Å². The molecule has 1 nitrogen and oxygen atoms in total. The minimum absolute atomic E-state index is 0.817. The van der Waals surface area contributed by atoms with Crippen LogP contribution in [-0.2, 0) is 18.9 Å². The van der Waals surface area contributed by atoms with E-state index in [0.717, 1.165) is 18.3 Å². The highest BCUT2D eigenvalue weighted by molar-refractivity contribution is 7.95. The quantitative estimate of drug-likeness (QED) is 0.0530. The highest BCUT2D eigenvalue weighted by atomic mass is 31.2. The lowest BCUT2D eigenvalue weighted by atomic mass is 10.1. The maximum absolute atomic E-state index is 3.86. The summed E-state index contributed by atoms with van der Waals surface area (Å²) in [6.07, 6.45) is 23.1. The summed E-state index contributed by atoms with van der Waals surface area (Å²) in [4.78, 5) is 0. The summed E-state index contributed by atoms with van der Waals surface area (Å²) in [5.41, 5.74) is 6.65.